The summed E-state index contributed by atoms with van der Waals surface area (Å²) >= 11 is 5.85. The van der Waals surface area contributed by atoms with Crippen LogP contribution in [0.4, 0.5) is 10.1 Å². The highest BCUT2D eigenvalue weighted by Crippen LogP contribution is 2.54. The summed E-state index contributed by atoms with van der Waals surface area (Å²) in [5.74, 6) is 0.0651. The topological polar surface area (TPSA) is 97.9 Å². The Morgan fingerprint density at radius 2 is 2.00 bits per heavy atom. The van der Waals surface area contributed by atoms with Crippen LogP contribution < -0.4 is 5.32 Å². The summed E-state index contributed by atoms with van der Waals surface area (Å²) in [5, 5.41) is 22.3. The zero-order valence-corrected chi connectivity index (χ0v) is 20.2. The highest BCUT2D eigenvalue weighted by atomic mass is 35.5. The molecule has 0 bridgehead atoms. The molecule has 0 aliphatic heterocycles. The highest BCUT2D eigenvalue weighted by molar-refractivity contribution is 6.31. The van der Waals surface area contributed by atoms with Gasteiger partial charge in [-0.2, -0.15) is 0 Å². The van der Waals surface area contributed by atoms with Crippen molar-refractivity contribution in [2.75, 3.05) is 5.32 Å². The van der Waals surface area contributed by atoms with Crippen molar-refractivity contribution >= 4 is 23.2 Å². The van der Waals surface area contributed by atoms with Gasteiger partial charge in [-0.1, -0.05) is 16.8 Å². The number of hydrogen-bond acceptors (Lipinski definition) is 5. The maximum atomic E-state index is 13.5. The molecule has 10 heteroatoms. The molecule has 3 aromatic rings. The van der Waals surface area contributed by atoms with Crippen LogP contribution in [0.2, 0.25) is 5.02 Å². The van der Waals surface area contributed by atoms with Crippen molar-refractivity contribution in [3.05, 3.63) is 58.1 Å². The predicted octanol–water partition coefficient (Wildman–Crippen LogP) is 3.78. The van der Waals surface area contributed by atoms with Gasteiger partial charge in [-0.15, -0.1) is 5.10 Å². The van der Waals surface area contributed by atoms with Crippen molar-refractivity contribution in [2.45, 2.75) is 50.5 Å². The van der Waals surface area contributed by atoms with Gasteiger partial charge in [-0.25, -0.2) is 9.37 Å². The molecule has 2 N–H and O–H groups in total. The predicted molar refractivity (Wildman–Crippen MR) is 125 cm³/mol. The number of anilines is 1. The molecule has 2 heterocycles. The maximum absolute atomic E-state index is 13.5. The molecule has 1 amide bonds. The van der Waals surface area contributed by atoms with Crippen molar-refractivity contribution in [1.29, 1.82) is 0 Å². The lowest BCUT2D eigenvalue weighted by molar-refractivity contribution is 0.0374. The molecular weight excluding hydrogens is 459 g/mol. The van der Waals surface area contributed by atoms with E-state index in [1.165, 1.54) is 18.2 Å². The van der Waals surface area contributed by atoms with Gasteiger partial charge in [0.05, 0.1) is 34.0 Å². The molecule has 1 aromatic carbocycles. The lowest BCUT2D eigenvalue weighted by Gasteiger charge is -2.24. The van der Waals surface area contributed by atoms with Gasteiger partial charge in [-0.3, -0.25) is 9.48 Å². The molecule has 0 saturated heterocycles. The average Bonchev–Trinajstić information content (AvgIpc) is 3.49. The Kier molecular flexibility index (Phi) is 5.72. The number of nitrogens with zero attached hydrogens (tertiary/aromatic N) is 5. The number of benzene rings is 1. The first-order valence-electron chi connectivity index (χ1n) is 11.5. The first-order chi connectivity index (χ1) is 16.1. The minimum atomic E-state index is -0.771. The summed E-state index contributed by atoms with van der Waals surface area (Å²) in [6.45, 7) is 1.97. The van der Waals surface area contributed by atoms with Crippen LogP contribution in [0.25, 0.3) is 0 Å². The molecule has 180 valence electrons. The fourth-order valence-corrected chi connectivity index (χ4v) is 6.03. The van der Waals surface area contributed by atoms with Crippen LogP contribution in [0.15, 0.2) is 24.5 Å². The van der Waals surface area contributed by atoms with Crippen LogP contribution in [0.3, 0.4) is 0 Å². The smallest absolute Gasteiger partial charge is 0.274 e. The van der Waals surface area contributed by atoms with Gasteiger partial charge in [0, 0.05) is 32.1 Å². The Morgan fingerprint density at radius 1 is 1.29 bits per heavy atom. The molecule has 2 saturated carbocycles. The number of rotatable bonds is 5. The normalized spacial score (nSPS) is 26.1. The van der Waals surface area contributed by atoms with Crippen LogP contribution in [-0.2, 0) is 20.5 Å². The monoisotopic (exact) mass is 486 g/mol. The number of nitrogens with one attached hydrogen (secondary N) is 1. The van der Waals surface area contributed by atoms with Crippen molar-refractivity contribution in [3.63, 3.8) is 0 Å². The standard InChI is InChI=1S/C24H28ClFN6O2/c1-13-20(29-30-32(13)3)11-24(34)9-15-6-14(7-16(15)10-24)21-22(31(2)12-27-21)23(33)28-17-4-5-19(26)18(25)8-17/h4-5,8,12,14-16,34H,6-7,9-11H2,1-3H3,(H,28,33). The molecule has 2 fully saturated rings. The molecule has 2 aromatic heterocycles. The number of aryl methyl sites for hydroxylation is 2. The van der Waals surface area contributed by atoms with E-state index in [1.54, 1.807) is 22.6 Å². The van der Waals surface area contributed by atoms with E-state index in [4.69, 9.17) is 11.6 Å². The van der Waals surface area contributed by atoms with Crippen LogP contribution in [0.1, 0.15) is 59.2 Å². The summed E-state index contributed by atoms with van der Waals surface area (Å²) in [6, 6.07) is 4.10. The number of fused-ring (bicyclic) bond motifs is 1. The van der Waals surface area contributed by atoms with E-state index < -0.39 is 11.4 Å². The molecule has 2 unspecified atom stereocenters. The third kappa shape index (κ3) is 4.11. The van der Waals surface area contributed by atoms with E-state index in [1.807, 2.05) is 14.0 Å². The Morgan fingerprint density at radius 3 is 2.62 bits per heavy atom. The van der Waals surface area contributed by atoms with Gasteiger partial charge in [-0.05, 0) is 62.6 Å². The SMILES string of the molecule is Cc1c(CC2(O)CC3CC(c4ncn(C)c4C(=O)Nc4ccc(F)c(Cl)c4)CC3C2)nnn1C. The summed E-state index contributed by atoms with van der Waals surface area (Å²) < 4.78 is 16.9. The van der Waals surface area contributed by atoms with E-state index in [0.29, 0.717) is 42.5 Å². The second kappa shape index (κ2) is 8.46. The van der Waals surface area contributed by atoms with Crippen molar-refractivity contribution in [3.8, 4) is 0 Å². The number of imidazole rings is 1. The van der Waals surface area contributed by atoms with E-state index >= 15 is 0 Å². The minimum Gasteiger partial charge on any atom is -0.389 e. The quantitative estimate of drug-likeness (QED) is 0.572. The Balaban J connectivity index is 1.29. The summed E-state index contributed by atoms with van der Waals surface area (Å²) in [6.07, 6.45) is 5.36. The van der Waals surface area contributed by atoms with E-state index in [2.05, 4.69) is 20.6 Å². The first-order valence-corrected chi connectivity index (χ1v) is 11.9. The molecule has 0 radical (unpaired) electrons. The van der Waals surface area contributed by atoms with Crippen LogP contribution >= 0.6 is 11.6 Å². The van der Waals surface area contributed by atoms with Gasteiger partial charge < -0.3 is 15.0 Å². The zero-order chi connectivity index (χ0) is 24.2. The average molecular weight is 487 g/mol. The molecule has 2 atom stereocenters. The molecule has 0 spiro atoms. The number of carbonyl (C=O) groups is 1. The molecule has 2 aliphatic carbocycles. The zero-order valence-electron chi connectivity index (χ0n) is 19.4. The lowest BCUT2D eigenvalue weighted by atomic mass is 9.89. The van der Waals surface area contributed by atoms with Crippen LogP contribution in [0, 0.1) is 24.6 Å². The first kappa shape index (κ1) is 23.0. The summed E-state index contributed by atoms with van der Waals surface area (Å²) in [5.41, 5.74) is 2.76. The maximum Gasteiger partial charge on any atom is 0.274 e. The van der Waals surface area contributed by atoms with E-state index in [0.717, 1.165) is 29.9 Å². The van der Waals surface area contributed by atoms with Gasteiger partial charge in [0.25, 0.3) is 5.91 Å². The van der Waals surface area contributed by atoms with Gasteiger partial charge >= 0.3 is 0 Å². The molecular formula is C24H28ClFN6O2. The van der Waals surface area contributed by atoms with Crippen LogP contribution in [0.5, 0.6) is 0 Å². The van der Waals surface area contributed by atoms with E-state index in [9.17, 15) is 14.3 Å². The van der Waals surface area contributed by atoms with Gasteiger partial charge in [0.15, 0.2) is 0 Å². The number of halogens is 2. The van der Waals surface area contributed by atoms with Crippen LogP contribution in [-0.4, -0.2) is 41.2 Å². The Hall–Kier alpha value is -2.78. The number of aromatic nitrogens is 5. The van der Waals surface area contributed by atoms with Crippen molar-refractivity contribution in [1.82, 2.24) is 24.5 Å². The second-order valence-corrected chi connectivity index (χ2v) is 10.3. The Labute approximate surface area is 202 Å². The Bertz CT molecular complexity index is 1240. The lowest BCUT2D eigenvalue weighted by Crippen LogP contribution is -2.29. The van der Waals surface area contributed by atoms with Crippen molar-refractivity contribution in [2.24, 2.45) is 25.9 Å². The molecule has 5 rings (SSSR count). The third-order valence-corrected chi connectivity index (χ3v) is 7.86. The molecule has 2 aliphatic rings. The van der Waals surface area contributed by atoms with Crippen molar-refractivity contribution < 1.29 is 14.3 Å². The van der Waals surface area contributed by atoms with E-state index in [-0.39, 0.29) is 16.8 Å². The third-order valence-electron chi connectivity index (χ3n) is 7.57. The second-order valence-electron chi connectivity index (χ2n) is 9.92. The fraction of sp³-hybridized carbons (Fsp3) is 0.500. The minimum absolute atomic E-state index is 0.0455. The number of carbonyl (C=O) groups excluding carboxylic acids is 1. The molecule has 8 nitrogen and oxygen atoms in total. The number of aliphatic hydroxyl groups is 1. The van der Waals surface area contributed by atoms with Gasteiger partial charge in [0.1, 0.15) is 11.5 Å². The largest absolute Gasteiger partial charge is 0.389 e. The number of amides is 1. The highest BCUT2D eigenvalue weighted by Gasteiger charge is 2.50. The molecule has 34 heavy (non-hydrogen) atoms. The van der Waals surface area contributed by atoms with Gasteiger partial charge in [0.2, 0.25) is 0 Å². The number of hydrogen-bond donors (Lipinski definition) is 2. The summed E-state index contributed by atoms with van der Waals surface area (Å²) in [7, 11) is 3.65. The summed E-state index contributed by atoms with van der Waals surface area (Å²) in [4.78, 5) is 17.7. The fourth-order valence-electron chi connectivity index (χ4n) is 5.85.